The number of thioether (sulfide) groups is 1. The van der Waals surface area contributed by atoms with Crippen LogP contribution in [0.1, 0.15) is 33.6 Å². The Balaban J connectivity index is 2.71. The van der Waals surface area contributed by atoms with Crippen molar-refractivity contribution in [3.05, 3.63) is 0 Å². The zero-order chi connectivity index (χ0) is 13.9. The number of likely N-dealkylation sites (tertiary alicyclic amines) is 1. The van der Waals surface area contributed by atoms with Gasteiger partial charge in [-0.1, -0.05) is 25.6 Å². The van der Waals surface area contributed by atoms with Gasteiger partial charge in [0.1, 0.15) is 0 Å². The van der Waals surface area contributed by atoms with Gasteiger partial charge in [0.15, 0.2) is 5.12 Å². The van der Waals surface area contributed by atoms with Crippen LogP contribution in [0, 0.1) is 5.92 Å². The second-order valence-electron chi connectivity index (χ2n) is 4.89. The van der Waals surface area contributed by atoms with Crippen LogP contribution in [0.3, 0.4) is 0 Å². The quantitative estimate of drug-likeness (QED) is 0.818. The standard InChI is InChI=1S/C12H19NO4S/c1-7(2)10(5-12(16)17)13-6-9(4-11(13)15)18-8(3)14/h7,9-10H,4-6H2,1-3H3,(H,16,17). The number of hydrogen-bond acceptors (Lipinski definition) is 4. The van der Waals surface area contributed by atoms with Gasteiger partial charge in [0, 0.05) is 31.2 Å². The predicted octanol–water partition coefficient (Wildman–Crippen LogP) is 1.37. The molecule has 0 spiro atoms. The Morgan fingerprint density at radius 3 is 2.56 bits per heavy atom. The van der Waals surface area contributed by atoms with E-state index in [1.807, 2.05) is 13.8 Å². The molecule has 0 radical (unpaired) electrons. The molecular formula is C12H19NO4S. The number of carboxylic acid groups (broad SMARTS) is 1. The molecule has 18 heavy (non-hydrogen) atoms. The minimum Gasteiger partial charge on any atom is -0.481 e. The first-order valence-corrected chi connectivity index (χ1v) is 6.87. The Kier molecular flexibility index (Phi) is 5.19. The summed E-state index contributed by atoms with van der Waals surface area (Å²) in [6.07, 6.45) is 0.286. The van der Waals surface area contributed by atoms with Crippen molar-refractivity contribution < 1.29 is 19.5 Å². The molecule has 0 aromatic carbocycles. The first-order valence-electron chi connectivity index (χ1n) is 5.99. The number of amides is 1. The molecule has 102 valence electrons. The molecule has 1 fully saturated rings. The number of aliphatic carboxylic acids is 1. The summed E-state index contributed by atoms with van der Waals surface area (Å²) in [5.41, 5.74) is 0. The molecule has 0 bridgehead atoms. The lowest BCUT2D eigenvalue weighted by molar-refractivity contribution is -0.140. The van der Waals surface area contributed by atoms with Crippen LogP contribution < -0.4 is 0 Å². The number of hydrogen-bond donors (Lipinski definition) is 1. The molecule has 6 heteroatoms. The lowest BCUT2D eigenvalue weighted by Gasteiger charge is -2.30. The lowest BCUT2D eigenvalue weighted by Crippen LogP contribution is -2.41. The Morgan fingerprint density at radius 2 is 2.11 bits per heavy atom. The molecule has 2 atom stereocenters. The summed E-state index contributed by atoms with van der Waals surface area (Å²) in [6, 6.07) is -0.285. The van der Waals surface area contributed by atoms with E-state index in [-0.39, 0.29) is 34.7 Å². The largest absolute Gasteiger partial charge is 0.481 e. The molecule has 0 saturated carbocycles. The van der Waals surface area contributed by atoms with Crippen LogP contribution >= 0.6 is 11.8 Å². The van der Waals surface area contributed by atoms with E-state index < -0.39 is 5.97 Å². The molecule has 1 amide bonds. The number of nitrogens with zero attached hydrogens (tertiary/aromatic N) is 1. The second-order valence-corrected chi connectivity index (χ2v) is 6.37. The smallest absolute Gasteiger partial charge is 0.305 e. The maximum Gasteiger partial charge on any atom is 0.305 e. The zero-order valence-electron chi connectivity index (χ0n) is 10.9. The average Bonchev–Trinajstić information content (AvgIpc) is 2.54. The van der Waals surface area contributed by atoms with Crippen LogP contribution in [0.5, 0.6) is 0 Å². The van der Waals surface area contributed by atoms with E-state index in [9.17, 15) is 14.4 Å². The van der Waals surface area contributed by atoms with Crippen LogP contribution in [-0.4, -0.2) is 44.8 Å². The van der Waals surface area contributed by atoms with E-state index in [4.69, 9.17) is 5.11 Å². The Labute approximate surface area is 111 Å². The second kappa shape index (κ2) is 6.22. The van der Waals surface area contributed by atoms with Gasteiger partial charge in [-0.25, -0.2) is 0 Å². The summed E-state index contributed by atoms with van der Waals surface area (Å²) in [5.74, 6) is -0.857. The minimum absolute atomic E-state index is 0.00557. The van der Waals surface area contributed by atoms with Gasteiger partial charge in [0.05, 0.1) is 6.42 Å². The van der Waals surface area contributed by atoms with E-state index in [2.05, 4.69) is 0 Å². The van der Waals surface area contributed by atoms with Crippen LogP contribution in [0.25, 0.3) is 0 Å². The van der Waals surface area contributed by atoms with Crippen molar-refractivity contribution in [3.8, 4) is 0 Å². The van der Waals surface area contributed by atoms with Gasteiger partial charge in [-0.2, -0.15) is 0 Å². The summed E-state index contributed by atoms with van der Waals surface area (Å²) in [7, 11) is 0. The fourth-order valence-corrected chi connectivity index (χ4v) is 3.15. The van der Waals surface area contributed by atoms with Crippen LogP contribution in [0.2, 0.25) is 0 Å². The van der Waals surface area contributed by atoms with Gasteiger partial charge in [-0.15, -0.1) is 0 Å². The Hall–Kier alpha value is -1.04. The normalized spacial score (nSPS) is 21.4. The van der Waals surface area contributed by atoms with Crippen LogP contribution in [-0.2, 0) is 14.4 Å². The van der Waals surface area contributed by atoms with Crippen molar-refractivity contribution in [3.63, 3.8) is 0 Å². The number of carboxylic acids is 1. The highest BCUT2D eigenvalue weighted by molar-refractivity contribution is 8.14. The molecule has 1 saturated heterocycles. The SMILES string of the molecule is CC(=O)SC1CC(=O)N(C(CC(=O)O)C(C)C)C1. The molecule has 1 N–H and O–H groups in total. The van der Waals surface area contributed by atoms with Crippen molar-refractivity contribution in [1.82, 2.24) is 4.90 Å². The van der Waals surface area contributed by atoms with Crippen molar-refractivity contribution >= 4 is 28.8 Å². The van der Waals surface area contributed by atoms with Crippen LogP contribution in [0.15, 0.2) is 0 Å². The summed E-state index contributed by atoms with van der Waals surface area (Å²) in [5, 5.41) is 8.85. The fourth-order valence-electron chi connectivity index (χ4n) is 2.22. The van der Waals surface area contributed by atoms with E-state index in [0.29, 0.717) is 13.0 Å². The third-order valence-corrected chi connectivity index (χ3v) is 3.99. The highest BCUT2D eigenvalue weighted by Crippen LogP contribution is 2.28. The van der Waals surface area contributed by atoms with Gasteiger partial charge < -0.3 is 10.0 Å². The molecule has 2 unspecified atom stereocenters. The summed E-state index contributed by atoms with van der Waals surface area (Å²) >= 11 is 1.17. The summed E-state index contributed by atoms with van der Waals surface area (Å²) < 4.78 is 0. The third kappa shape index (κ3) is 4.01. The van der Waals surface area contributed by atoms with E-state index in [1.165, 1.54) is 18.7 Å². The summed E-state index contributed by atoms with van der Waals surface area (Å²) in [6.45, 7) is 5.77. The minimum atomic E-state index is -0.899. The van der Waals surface area contributed by atoms with E-state index in [0.717, 1.165) is 0 Å². The molecule has 1 aliphatic rings. The maximum atomic E-state index is 11.9. The molecule has 1 rings (SSSR count). The van der Waals surface area contributed by atoms with E-state index >= 15 is 0 Å². The topological polar surface area (TPSA) is 74.7 Å². The Morgan fingerprint density at radius 1 is 1.50 bits per heavy atom. The van der Waals surface area contributed by atoms with Crippen molar-refractivity contribution in [1.29, 1.82) is 0 Å². The number of carbonyl (C=O) groups is 3. The highest BCUT2D eigenvalue weighted by atomic mass is 32.2. The van der Waals surface area contributed by atoms with Gasteiger partial charge in [0.25, 0.3) is 0 Å². The summed E-state index contributed by atoms with van der Waals surface area (Å²) in [4.78, 5) is 35.4. The lowest BCUT2D eigenvalue weighted by atomic mass is 9.99. The van der Waals surface area contributed by atoms with Gasteiger partial charge in [0.2, 0.25) is 5.91 Å². The molecule has 5 nitrogen and oxygen atoms in total. The molecule has 0 aromatic rings. The van der Waals surface area contributed by atoms with Gasteiger partial charge >= 0.3 is 5.97 Å². The number of rotatable bonds is 5. The molecule has 0 aromatic heterocycles. The number of carbonyl (C=O) groups excluding carboxylic acids is 2. The molecule has 1 heterocycles. The predicted molar refractivity (Wildman–Crippen MR) is 69.3 cm³/mol. The molecular weight excluding hydrogens is 254 g/mol. The first-order chi connectivity index (χ1) is 8.31. The zero-order valence-corrected chi connectivity index (χ0v) is 11.7. The highest BCUT2D eigenvalue weighted by Gasteiger charge is 2.37. The van der Waals surface area contributed by atoms with Gasteiger partial charge in [-0.05, 0) is 5.92 Å². The fraction of sp³-hybridized carbons (Fsp3) is 0.750. The van der Waals surface area contributed by atoms with Crippen molar-refractivity contribution in [2.45, 2.75) is 44.9 Å². The molecule has 0 aliphatic carbocycles. The van der Waals surface area contributed by atoms with Gasteiger partial charge in [-0.3, -0.25) is 14.4 Å². The monoisotopic (exact) mass is 273 g/mol. The first kappa shape index (κ1) is 15.0. The third-order valence-electron chi connectivity index (χ3n) is 3.01. The molecule has 1 aliphatic heterocycles. The maximum absolute atomic E-state index is 11.9. The average molecular weight is 273 g/mol. The Bertz CT molecular complexity index is 356. The van der Waals surface area contributed by atoms with Crippen molar-refractivity contribution in [2.75, 3.05) is 6.54 Å². The van der Waals surface area contributed by atoms with Crippen molar-refractivity contribution in [2.24, 2.45) is 5.92 Å². The van der Waals surface area contributed by atoms with E-state index in [1.54, 1.807) is 4.90 Å². The van der Waals surface area contributed by atoms with Crippen LogP contribution in [0.4, 0.5) is 0 Å².